The Kier molecular flexibility index (Phi) is 3.70. The van der Waals surface area contributed by atoms with Gasteiger partial charge in [-0.2, -0.15) is 8.42 Å². The fourth-order valence-electron chi connectivity index (χ4n) is 2.16. The van der Waals surface area contributed by atoms with Crippen molar-refractivity contribution in [3.8, 4) is 0 Å². The molecule has 1 aliphatic heterocycles. The Morgan fingerprint density at radius 1 is 1.50 bits per heavy atom. The number of likely N-dealkylation sites (tertiary alicyclic amines) is 1. The molecule has 1 saturated heterocycles. The lowest BCUT2D eigenvalue weighted by Crippen LogP contribution is -2.28. The summed E-state index contributed by atoms with van der Waals surface area (Å²) in [4.78, 5) is 13.2. The van der Waals surface area contributed by atoms with Crippen LogP contribution < -0.4 is 0 Å². The Morgan fingerprint density at radius 2 is 2.28 bits per heavy atom. The van der Waals surface area contributed by atoms with Gasteiger partial charge in [0.15, 0.2) is 0 Å². The third kappa shape index (κ3) is 3.56. The molecule has 0 bridgehead atoms. The quantitative estimate of drug-likeness (QED) is 0.751. The van der Waals surface area contributed by atoms with Crippen molar-refractivity contribution in [2.24, 2.45) is 5.92 Å². The lowest BCUT2D eigenvalue weighted by molar-refractivity contribution is -0.127. The van der Waals surface area contributed by atoms with Crippen LogP contribution in [0.5, 0.6) is 0 Å². The number of hydrogen-bond donors (Lipinski definition) is 0. The topological polar surface area (TPSA) is 67.6 Å². The lowest BCUT2D eigenvalue weighted by Gasteiger charge is -2.15. The fourth-order valence-corrected chi connectivity index (χ4v) is 2.95. The molecule has 2 rings (SSSR count). The van der Waals surface area contributed by atoms with Gasteiger partial charge in [-0.15, -0.1) is 3.89 Å². The Morgan fingerprint density at radius 3 is 2.89 bits per heavy atom. The minimum atomic E-state index is -4.51. The zero-order valence-electron chi connectivity index (χ0n) is 9.71. The highest BCUT2D eigenvalue weighted by molar-refractivity contribution is 7.86. The maximum Gasteiger partial charge on any atom is 0.302 e. The normalized spacial score (nSPS) is 20.6. The standard InChI is InChI=1S/C11H14FNO4S/c12-18(15,16)8-9-6-11(14)13(7-9)4-3-10-2-1-5-17-10/h1-2,5,9H,3-4,6-8H2. The van der Waals surface area contributed by atoms with Crippen molar-refractivity contribution in [2.75, 3.05) is 18.8 Å². The van der Waals surface area contributed by atoms with Crippen molar-refractivity contribution < 1.29 is 21.5 Å². The molecular weight excluding hydrogens is 261 g/mol. The smallest absolute Gasteiger partial charge is 0.302 e. The number of hydrogen-bond acceptors (Lipinski definition) is 4. The van der Waals surface area contributed by atoms with Crippen LogP contribution in [0.25, 0.3) is 0 Å². The van der Waals surface area contributed by atoms with Crippen LogP contribution in [0, 0.1) is 5.92 Å². The first-order chi connectivity index (χ1) is 8.44. The SMILES string of the molecule is O=C1CC(CS(=O)(=O)F)CN1CCc1ccco1. The van der Waals surface area contributed by atoms with Gasteiger partial charge in [-0.3, -0.25) is 4.79 Å². The molecule has 0 aliphatic carbocycles. The molecule has 1 unspecified atom stereocenters. The van der Waals surface area contributed by atoms with E-state index in [0.717, 1.165) is 5.76 Å². The number of halogens is 1. The van der Waals surface area contributed by atoms with Crippen LogP contribution in [0.1, 0.15) is 12.2 Å². The Balaban J connectivity index is 1.86. The second kappa shape index (κ2) is 5.09. The molecule has 18 heavy (non-hydrogen) atoms. The molecule has 1 atom stereocenters. The van der Waals surface area contributed by atoms with Crippen molar-refractivity contribution in [3.05, 3.63) is 24.2 Å². The molecule has 0 saturated carbocycles. The number of nitrogens with zero attached hydrogens (tertiary/aromatic N) is 1. The van der Waals surface area contributed by atoms with E-state index in [-0.39, 0.29) is 12.3 Å². The molecule has 0 spiro atoms. The summed E-state index contributed by atoms with van der Waals surface area (Å²) in [6.45, 7) is 0.762. The van der Waals surface area contributed by atoms with Crippen LogP contribution in [-0.4, -0.2) is 38.1 Å². The molecule has 100 valence electrons. The molecule has 5 nitrogen and oxygen atoms in total. The van der Waals surface area contributed by atoms with Crippen LogP contribution in [0.15, 0.2) is 22.8 Å². The third-order valence-electron chi connectivity index (χ3n) is 2.94. The summed E-state index contributed by atoms with van der Waals surface area (Å²) >= 11 is 0. The van der Waals surface area contributed by atoms with Crippen LogP contribution >= 0.6 is 0 Å². The highest BCUT2D eigenvalue weighted by Gasteiger charge is 2.32. The summed E-state index contributed by atoms with van der Waals surface area (Å²) in [5, 5.41) is 0. The van der Waals surface area contributed by atoms with Crippen LogP contribution in [0.3, 0.4) is 0 Å². The Hall–Kier alpha value is -1.37. The molecule has 1 aliphatic rings. The van der Waals surface area contributed by atoms with Gasteiger partial charge >= 0.3 is 10.2 Å². The zero-order chi connectivity index (χ0) is 13.2. The molecule has 0 radical (unpaired) electrons. The van der Waals surface area contributed by atoms with Crippen molar-refractivity contribution in [1.82, 2.24) is 4.90 Å². The van der Waals surface area contributed by atoms with E-state index in [1.165, 1.54) is 0 Å². The Bertz CT molecular complexity index is 511. The average Bonchev–Trinajstić information content (AvgIpc) is 2.83. The molecule has 1 aromatic heterocycles. The summed E-state index contributed by atoms with van der Waals surface area (Å²) in [6.07, 6.45) is 2.23. The summed E-state index contributed by atoms with van der Waals surface area (Å²) in [7, 11) is -4.51. The van der Waals surface area contributed by atoms with E-state index < -0.39 is 21.9 Å². The largest absolute Gasteiger partial charge is 0.469 e. The first-order valence-corrected chi connectivity index (χ1v) is 7.22. The van der Waals surface area contributed by atoms with Gasteiger partial charge in [0.1, 0.15) is 5.76 Å². The number of carbonyl (C=O) groups excluding carboxylic acids is 1. The first kappa shape index (κ1) is 13.1. The van der Waals surface area contributed by atoms with E-state index in [9.17, 15) is 17.1 Å². The average molecular weight is 275 g/mol. The summed E-state index contributed by atoms with van der Waals surface area (Å²) in [5.74, 6) is -0.376. The van der Waals surface area contributed by atoms with Crippen molar-refractivity contribution >= 4 is 16.1 Å². The van der Waals surface area contributed by atoms with Gasteiger partial charge in [0.2, 0.25) is 5.91 Å². The van der Waals surface area contributed by atoms with Crippen molar-refractivity contribution in [2.45, 2.75) is 12.8 Å². The van der Waals surface area contributed by atoms with E-state index in [1.54, 1.807) is 17.2 Å². The second-order valence-corrected chi connectivity index (χ2v) is 5.86. The van der Waals surface area contributed by atoms with E-state index in [0.29, 0.717) is 19.5 Å². The highest BCUT2D eigenvalue weighted by Crippen LogP contribution is 2.20. The minimum absolute atomic E-state index is 0.0985. The summed E-state index contributed by atoms with van der Waals surface area (Å²) in [5.41, 5.74) is 0. The predicted octanol–water partition coefficient (Wildman–Crippen LogP) is 0.970. The zero-order valence-corrected chi connectivity index (χ0v) is 10.5. The van der Waals surface area contributed by atoms with Gasteiger partial charge in [0, 0.05) is 31.8 Å². The van der Waals surface area contributed by atoms with Gasteiger partial charge < -0.3 is 9.32 Å². The van der Waals surface area contributed by atoms with Gasteiger partial charge in [0.05, 0.1) is 12.0 Å². The first-order valence-electron chi connectivity index (χ1n) is 5.66. The molecule has 1 fully saturated rings. The second-order valence-electron chi connectivity index (χ2n) is 4.44. The van der Waals surface area contributed by atoms with Gasteiger partial charge in [-0.25, -0.2) is 0 Å². The summed E-state index contributed by atoms with van der Waals surface area (Å²) in [6, 6.07) is 3.57. The maximum atomic E-state index is 12.5. The maximum absolute atomic E-state index is 12.5. The molecular formula is C11H14FNO4S. The van der Waals surface area contributed by atoms with Crippen LogP contribution in [-0.2, 0) is 21.4 Å². The summed E-state index contributed by atoms with van der Waals surface area (Å²) < 4.78 is 38.7. The highest BCUT2D eigenvalue weighted by atomic mass is 32.3. The van der Waals surface area contributed by atoms with Crippen molar-refractivity contribution in [3.63, 3.8) is 0 Å². The van der Waals surface area contributed by atoms with E-state index in [4.69, 9.17) is 4.42 Å². The molecule has 0 N–H and O–H groups in total. The minimum Gasteiger partial charge on any atom is -0.469 e. The molecule has 1 amide bonds. The van der Waals surface area contributed by atoms with Gasteiger partial charge in [-0.05, 0) is 12.1 Å². The molecule has 1 aromatic rings. The number of amides is 1. The van der Waals surface area contributed by atoms with Gasteiger partial charge in [0.25, 0.3) is 0 Å². The third-order valence-corrected chi connectivity index (χ3v) is 3.81. The van der Waals surface area contributed by atoms with Crippen molar-refractivity contribution in [1.29, 1.82) is 0 Å². The van der Waals surface area contributed by atoms with Crippen LogP contribution in [0.2, 0.25) is 0 Å². The van der Waals surface area contributed by atoms with E-state index in [2.05, 4.69) is 0 Å². The molecule has 0 aromatic carbocycles. The molecule has 7 heteroatoms. The molecule has 2 heterocycles. The number of rotatable bonds is 5. The monoisotopic (exact) mass is 275 g/mol. The van der Waals surface area contributed by atoms with Crippen LogP contribution in [0.4, 0.5) is 3.89 Å². The predicted molar refractivity (Wildman–Crippen MR) is 62.0 cm³/mol. The lowest BCUT2D eigenvalue weighted by atomic mass is 10.1. The fraction of sp³-hybridized carbons (Fsp3) is 0.545. The number of furan rings is 1. The number of carbonyl (C=O) groups is 1. The van der Waals surface area contributed by atoms with Gasteiger partial charge in [-0.1, -0.05) is 0 Å². The Labute approximate surface area is 105 Å². The van der Waals surface area contributed by atoms with E-state index >= 15 is 0 Å². The van der Waals surface area contributed by atoms with E-state index in [1.807, 2.05) is 6.07 Å².